The Kier molecular flexibility index (Phi) is 4.56. The van der Waals surface area contributed by atoms with Gasteiger partial charge in [0.25, 0.3) is 0 Å². The Morgan fingerprint density at radius 1 is 1.47 bits per heavy atom. The minimum atomic E-state index is 0.198. The molecule has 0 aromatic carbocycles. The van der Waals surface area contributed by atoms with Gasteiger partial charge in [-0.25, -0.2) is 0 Å². The van der Waals surface area contributed by atoms with E-state index in [-0.39, 0.29) is 6.04 Å². The molecule has 0 amide bonds. The van der Waals surface area contributed by atoms with Crippen LogP contribution < -0.4 is 16.0 Å². The lowest BCUT2D eigenvalue weighted by Crippen LogP contribution is -2.27. The van der Waals surface area contributed by atoms with Crippen LogP contribution in [-0.4, -0.2) is 7.11 Å². The van der Waals surface area contributed by atoms with E-state index in [2.05, 4.69) is 22.3 Å². The van der Waals surface area contributed by atoms with Crippen LogP contribution >= 0.6 is 22.7 Å². The molecule has 5 heteroatoms. The van der Waals surface area contributed by atoms with Gasteiger partial charge in [-0.1, -0.05) is 0 Å². The van der Waals surface area contributed by atoms with E-state index in [1.54, 1.807) is 29.8 Å². The van der Waals surface area contributed by atoms with Gasteiger partial charge in [0.15, 0.2) is 0 Å². The van der Waals surface area contributed by atoms with E-state index in [1.165, 1.54) is 10.4 Å². The van der Waals surface area contributed by atoms with Gasteiger partial charge in [-0.2, -0.15) is 11.3 Å². The number of ether oxygens (including phenoxy) is 1. The Labute approximate surface area is 109 Å². The second-order valence-electron chi connectivity index (χ2n) is 3.78. The molecule has 0 saturated heterocycles. The highest BCUT2D eigenvalue weighted by molar-refractivity contribution is 7.10. The topological polar surface area (TPSA) is 47.3 Å². The van der Waals surface area contributed by atoms with Crippen LogP contribution in [0.25, 0.3) is 0 Å². The van der Waals surface area contributed by atoms with E-state index < -0.39 is 0 Å². The maximum absolute atomic E-state index is 5.61. The molecule has 0 aliphatic carbocycles. The lowest BCUT2D eigenvalue weighted by molar-refractivity contribution is 0.415. The van der Waals surface area contributed by atoms with Crippen LogP contribution in [0, 0.1) is 0 Å². The molecule has 0 radical (unpaired) electrons. The number of hydrazine groups is 1. The molecule has 92 valence electrons. The monoisotopic (exact) mass is 268 g/mol. The molecule has 0 aliphatic heterocycles. The second-order valence-corrected chi connectivity index (χ2v) is 5.50. The maximum Gasteiger partial charge on any atom is 0.129 e. The Hall–Kier alpha value is -0.880. The third-order valence-corrected chi connectivity index (χ3v) is 4.43. The van der Waals surface area contributed by atoms with Crippen molar-refractivity contribution in [2.24, 2.45) is 5.84 Å². The molecular formula is C12H16N2OS2. The second kappa shape index (κ2) is 6.16. The molecule has 0 aliphatic rings. The van der Waals surface area contributed by atoms with Gasteiger partial charge in [-0.05, 0) is 41.3 Å². The number of nitrogens with one attached hydrogen (secondary N) is 1. The van der Waals surface area contributed by atoms with E-state index in [9.17, 15) is 0 Å². The lowest BCUT2D eigenvalue weighted by Gasteiger charge is -2.13. The number of hydrogen-bond acceptors (Lipinski definition) is 5. The van der Waals surface area contributed by atoms with Gasteiger partial charge in [-0.3, -0.25) is 11.3 Å². The smallest absolute Gasteiger partial charge is 0.129 e. The third kappa shape index (κ3) is 3.29. The van der Waals surface area contributed by atoms with Crippen molar-refractivity contribution in [3.05, 3.63) is 38.7 Å². The normalized spacial score (nSPS) is 12.6. The average molecular weight is 268 g/mol. The summed E-state index contributed by atoms with van der Waals surface area (Å²) < 4.78 is 5.18. The average Bonchev–Trinajstić information content (AvgIpc) is 3.00. The fourth-order valence-electron chi connectivity index (χ4n) is 1.68. The molecule has 1 unspecified atom stereocenters. The lowest BCUT2D eigenvalue weighted by atomic mass is 10.1. The number of thiophene rings is 2. The summed E-state index contributed by atoms with van der Waals surface area (Å²) >= 11 is 3.41. The van der Waals surface area contributed by atoms with Crippen molar-refractivity contribution < 1.29 is 4.74 Å². The van der Waals surface area contributed by atoms with Crippen LogP contribution in [0.2, 0.25) is 0 Å². The van der Waals surface area contributed by atoms with Crippen molar-refractivity contribution in [1.29, 1.82) is 0 Å². The summed E-state index contributed by atoms with van der Waals surface area (Å²) in [4.78, 5) is 1.22. The summed E-state index contributed by atoms with van der Waals surface area (Å²) in [5, 5.41) is 6.29. The standard InChI is InChI=1S/C12H16N2OS2/c1-15-10-6-12(17-8-10)11(14-13)3-2-9-4-5-16-7-9/h4-8,11,14H,2-3,13H2,1H3. The molecule has 0 bridgehead atoms. The summed E-state index contributed by atoms with van der Waals surface area (Å²) in [5.41, 5.74) is 4.25. The molecule has 0 spiro atoms. The summed E-state index contributed by atoms with van der Waals surface area (Å²) in [6, 6.07) is 4.40. The molecule has 0 saturated carbocycles. The quantitative estimate of drug-likeness (QED) is 0.625. The van der Waals surface area contributed by atoms with Gasteiger partial charge in [0.05, 0.1) is 13.2 Å². The molecule has 2 aromatic rings. The Bertz CT molecular complexity index is 439. The summed E-state index contributed by atoms with van der Waals surface area (Å²) in [7, 11) is 1.68. The summed E-state index contributed by atoms with van der Waals surface area (Å²) in [6.45, 7) is 0. The first-order valence-electron chi connectivity index (χ1n) is 5.43. The van der Waals surface area contributed by atoms with Gasteiger partial charge in [0.1, 0.15) is 5.75 Å². The third-order valence-electron chi connectivity index (χ3n) is 2.68. The number of nitrogens with two attached hydrogens (primary N) is 1. The number of methoxy groups -OCH3 is 1. The molecule has 0 fully saturated rings. The minimum Gasteiger partial charge on any atom is -0.496 e. The van der Waals surface area contributed by atoms with Crippen LogP contribution in [0.1, 0.15) is 22.9 Å². The van der Waals surface area contributed by atoms with Gasteiger partial charge < -0.3 is 4.74 Å². The van der Waals surface area contributed by atoms with Crippen LogP contribution in [0.15, 0.2) is 28.3 Å². The van der Waals surface area contributed by atoms with Crippen molar-refractivity contribution in [3.63, 3.8) is 0 Å². The van der Waals surface area contributed by atoms with Crippen molar-refractivity contribution in [3.8, 4) is 5.75 Å². The van der Waals surface area contributed by atoms with Crippen LogP contribution in [0.5, 0.6) is 5.75 Å². The van der Waals surface area contributed by atoms with Gasteiger partial charge >= 0.3 is 0 Å². The first-order valence-corrected chi connectivity index (χ1v) is 7.25. The molecule has 2 rings (SSSR count). The zero-order valence-electron chi connectivity index (χ0n) is 9.68. The van der Waals surface area contributed by atoms with E-state index in [0.29, 0.717) is 0 Å². The summed E-state index contributed by atoms with van der Waals surface area (Å²) in [6.07, 6.45) is 2.04. The van der Waals surface area contributed by atoms with Crippen molar-refractivity contribution >= 4 is 22.7 Å². The van der Waals surface area contributed by atoms with Crippen LogP contribution in [0.4, 0.5) is 0 Å². The largest absolute Gasteiger partial charge is 0.496 e. The number of hydrogen-bond donors (Lipinski definition) is 2. The van der Waals surface area contributed by atoms with E-state index in [4.69, 9.17) is 10.6 Å². The Morgan fingerprint density at radius 3 is 2.94 bits per heavy atom. The molecule has 17 heavy (non-hydrogen) atoms. The van der Waals surface area contributed by atoms with Crippen LogP contribution in [-0.2, 0) is 6.42 Å². The Morgan fingerprint density at radius 2 is 2.35 bits per heavy atom. The van der Waals surface area contributed by atoms with E-state index in [0.717, 1.165) is 18.6 Å². The minimum absolute atomic E-state index is 0.198. The molecule has 2 heterocycles. The highest BCUT2D eigenvalue weighted by Gasteiger charge is 2.12. The summed E-state index contributed by atoms with van der Waals surface area (Å²) in [5.74, 6) is 6.52. The molecule has 3 N–H and O–H groups in total. The molecular weight excluding hydrogens is 252 g/mol. The van der Waals surface area contributed by atoms with Gasteiger partial charge in [0, 0.05) is 10.3 Å². The molecule has 3 nitrogen and oxygen atoms in total. The first-order chi connectivity index (χ1) is 8.33. The predicted octanol–water partition coefficient (Wildman–Crippen LogP) is 2.96. The molecule has 1 atom stereocenters. The van der Waals surface area contributed by atoms with E-state index >= 15 is 0 Å². The van der Waals surface area contributed by atoms with Gasteiger partial charge in [0.2, 0.25) is 0 Å². The zero-order chi connectivity index (χ0) is 12.1. The fraction of sp³-hybridized carbons (Fsp3) is 0.333. The van der Waals surface area contributed by atoms with Gasteiger partial charge in [-0.15, -0.1) is 11.3 Å². The van der Waals surface area contributed by atoms with Crippen molar-refractivity contribution in [2.75, 3.05) is 7.11 Å². The highest BCUT2D eigenvalue weighted by atomic mass is 32.1. The van der Waals surface area contributed by atoms with E-state index in [1.807, 2.05) is 11.4 Å². The maximum atomic E-state index is 5.61. The SMILES string of the molecule is COc1csc(C(CCc2ccsc2)NN)c1. The first kappa shape index (κ1) is 12.6. The van der Waals surface area contributed by atoms with Crippen molar-refractivity contribution in [1.82, 2.24) is 5.43 Å². The Balaban J connectivity index is 1.96. The fourth-order valence-corrected chi connectivity index (χ4v) is 3.33. The predicted molar refractivity (Wildman–Crippen MR) is 73.6 cm³/mol. The highest BCUT2D eigenvalue weighted by Crippen LogP contribution is 2.29. The number of rotatable bonds is 6. The van der Waals surface area contributed by atoms with Crippen LogP contribution in [0.3, 0.4) is 0 Å². The van der Waals surface area contributed by atoms with Crippen molar-refractivity contribution in [2.45, 2.75) is 18.9 Å². The molecule has 2 aromatic heterocycles. The zero-order valence-corrected chi connectivity index (χ0v) is 11.3. The number of aryl methyl sites for hydroxylation is 1.